The maximum atomic E-state index is 5.49. The zero-order valence-electron chi connectivity index (χ0n) is 10.3. The molecule has 1 aromatic heterocycles. The van der Waals surface area contributed by atoms with Crippen molar-refractivity contribution in [2.75, 3.05) is 19.0 Å². The molecule has 1 heterocycles. The minimum Gasteiger partial charge on any atom is -0.497 e. The summed E-state index contributed by atoms with van der Waals surface area (Å²) in [5.74, 6) is 0.873. The number of anilines is 1. The molecule has 1 aromatic carbocycles. The quantitative estimate of drug-likeness (QED) is 0.839. The maximum absolute atomic E-state index is 5.49. The van der Waals surface area contributed by atoms with Crippen LogP contribution in [0.2, 0.25) is 0 Å². The zero-order valence-corrected chi connectivity index (χ0v) is 11.2. The Morgan fingerprint density at radius 1 is 1.33 bits per heavy atom. The number of ether oxygens (including phenoxy) is 1. The van der Waals surface area contributed by atoms with Gasteiger partial charge in [0.2, 0.25) is 0 Å². The molecule has 0 aliphatic rings. The Kier molecular flexibility index (Phi) is 4.55. The average molecular weight is 263 g/mol. The van der Waals surface area contributed by atoms with Gasteiger partial charge in [0.15, 0.2) is 5.13 Å². The topological polar surface area (TPSA) is 60.2 Å². The Bertz CT molecular complexity index is 481. The van der Waals surface area contributed by atoms with Gasteiger partial charge < -0.3 is 15.8 Å². The number of nitrogens with zero attached hydrogens (tertiary/aromatic N) is 1. The van der Waals surface area contributed by atoms with E-state index in [0.717, 1.165) is 29.5 Å². The van der Waals surface area contributed by atoms with Gasteiger partial charge in [0.25, 0.3) is 0 Å². The third-order valence-corrected chi connectivity index (χ3v) is 3.40. The van der Waals surface area contributed by atoms with Crippen molar-refractivity contribution in [3.63, 3.8) is 0 Å². The fourth-order valence-electron chi connectivity index (χ4n) is 1.57. The van der Waals surface area contributed by atoms with Crippen LogP contribution in [0.3, 0.4) is 0 Å². The van der Waals surface area contributed by atoms with Crippen molar-refractivity contribution in [1.29, 1.82) is 0 Å². The first-order valence-electron chi connectivity index (χ1n) is 5.83. The lowest BCUT2D eigenvalue weighted by Crippen LogP contribution is -2.03. The molecule has 96 valence electrons. The van der Waals surface area contributed by atoms with Crippen LogP contribution >= 0.6 is 11.3 Å². The number of methoxy groups -OCH3 is 1. The summed E-state index contributed by atoms with van der Waals surface area (Å²) in [6.07, 6.45) is 0.834. The number of nitrogens with two attached hydrogens (primary N) is 1. The predicted molar refractivity (Wildman–Crippen MR) is 75.2 cm³/mol. The molecule has 4 nitrogen and oxygen atoms in total. The van der Waals surface area contributed by atoms with Gasteiger partial charge in [0.05, 0.1) is 12.8 Å². The molecule has 18 heavy (non-hydrogen) atoms. The summed E-state index contributed by atoms with van der Waals surface area (Å²) in [7, 11) is 1.67. The van der Waals surface area contributed by atoms with Crippen LogP contribution in [0.1, 0.15) is 11.3 Å². The van der Waals surface area contributed by atoms with Crippen LogP contribution in [0.4, 0.5) is 5.13 Å². The van der Waals surface area contributed by atoms with Crippen molar-refractivity contribution in [1.82, 2.24) is 4.98 Å². The molecule has 0 saturated heterocycles. The zero-order chi connectivity index (χ0) is 12.8. The van der Waals surface area contributed by atoms with E-state index in [2.05, 4.69) is 10.3 Å². The van der Waals surface area contributed by atoms with Gasteiger partial charge in [0.1, 0.15) is 5.75 Å². The van der Waals surface area contributed by atoms with Gasteiger partial charge in [-0.2, -0.15) is 0 Å². The van der Waals surface area contributed by atoms with E-state index in [9.17, 15) is 0 Å². The smallest absolute Gasteiger partial charge is 0.183 e. The standard InChI is InChI=1S/C13H17N3OS/c1-17-12-4-2-10(3-5-12)8-15-13-16-11(6-7-14)9-18-13/h2-5,9H,6-8,14H2,1H3,(H,15,16). The molecular formula is C13H17N3OS. The molecule has 5 heteroatoms. The molecule has 0 radical (unpaired) electrons. The second kappa shape index (κ2) is 6.37. The molecule has 2 aromatic rings. The number of rotatable bonds is 6. The number of hydrogen-bond donors (Lipinski definition) is 2. The first-order valence-corrected chi connectivity index (χ1v) is 6.71. The van der Waals surface area contributed by atoms with E-state index in [-0.39, 0.29) is 0 Å². The van der Waals surface area contributed by atoms with Crippen LogP contribution in [0.5, 0.6) is 5.75 Å². The van der Waals surface area contributed by atoms with Gasteiger partial charge in [-0.05, 0) is 24.2 Å². The third-order valence-electron chi connectivity index (χ3n) is 2.56. The van der Waals surface area contributed by atoms with E-state index in [1.54, 1.807) is 18.4 Å². The Labute approximate surface area is 111 Å². The lowest BCUT2D eigenvalue weighted by Gasteiger charge is -2.04. The lowest BCUT2D eigenvalue weighted by molar-refractivity contribution is 0.414. The van der Waals surface area contributed by atoms with E-state index in [4.69, 9.17) is 10.5 Å². The SMILES string of the molecule is COc1ccc(CNc2nc(CCN)cs2)cc1. The minimum absolute atomic E-state index is 0.641. The summed E-state index contributed by atoms with van der Waals surface area (Å²) in [5, 5.41) is 6.29. The minimum atomic E-state index is 0.641. The molecule has 0 aliphatic heterocycles. The second-order valence-electron chi connectivity index (χ2n) is 3.88. The monoisotopic (exact) mass is 263 g/mol. The van der Waals surface area contributed by atoms with Crippen LogP contribution in [-0.4, -0.2) is 18.6 Å². The van der Waals surface area contributed by atoms with Crippen molar-refractivity contribution >= 4 is 16.5 Å². The summed E-state index contributed by atoms with van der Waals surface area (Å²) >= 11 is 1.61. The molecule has 0 atom stereocenters. The van der Waals surface area contributed by atoms with Gasteiger partial charge in [-0.3, -0.25) is 0 Å². The summed E-state index contributed by atoms with van der Waals surface area (Å²) < 4.78 is 5.12. The highest BCUT2D eigenvalue weighted by atomic mass is 32.1. The Balaban J connectivity index is 1.89. The van der Waals surface area contributed by atoms with Crippen molar-refractivity contribution < 1.29 is 4.74 Å². The summed E-state index contributed by atoms with van der Waals surface area (Å²) in [6, 6.07) is 8.00. The number of aromatic nitrogens is 1. The van der Waals surface area contributed by atoms with Gasteiger partial charge in [-0.25, -0.2) is 4.98 Å². The van der Waals surface area contributed by atoms with Crippen molar-refractivity contribution in [2.45, 2.75) is 13.0 Å². The fourth-order valence-corrected chi connectivity index (χ4v) is 2.32. The normalized spacial score (nSPS) is 10.3. The predicted octanol–water partition coefficient (Wildman–Crippen LogP) is 2.27. The Morgan fingerprint density at radius 2 is 2.11 bits per heavy atom. The molecule has 2 rings (SSSR count). The van der Waals surface area contributed by atoms with Gasteiger partial charge in [-0.1, -0.05) is 12.1 Å². The van der Waals surface area contributed by atoms with Crippen LogP contribution in [0.25, 0.3) is 0 Å². The Morgan fingerprint density at radius 3 is 2.78 bits per heavy atom. The molecular weight excluding hydrogens is 246 g/mol. The number of nitrogens with one attached hydrogen (secondary N) is 1. The van der Waals surface area contributed by atoms with Crippen LogP contribution in [-0.2, 0) is 13.0 Å². The second-order valence-corrected chi connectivity index (χ2v) is 4.74. The van der Waals surface area contributed by atoms with Crippen LogP contribution in [0, 0.1) is 0 Å². The van der Waals surface area contributed by atoms with Gasteiger partial charge >= 0.3 is 0 Å². The Hall–Kier alpha value is -1.59. The molecule has 0 saturated carbocycles. The molecule has 0 spiro atoms. The summed E-state index contributed by atoms with van der Waals surface area (Å²) in [6.45, 7) is 1.40. The van der Waals surface area contributed by atoms with Crippen LogP contribution < -0.4 is 15.8 Å². The highest BCUT2D eigenvalue weighted by Crippen LogP contribution is 2.17. The largest absolute Gasteiger partial charge is 0.497 e. The van der Waals surface area contributed by atoms with E-state index in [1.165, 1.54) is 5.56 Å². The molecule has 0 bridgehead atoms. The fraction of sp³-hybridized carbons (Fsp3) is 0.308. The number of thiazole rings is 1. The molecule has 0 aliphatic carbocycles. The lowest BCUT2D eigenvalue weighted by atomic mass is 10.2. The van der Waals surface area contributed by atoms with Crippen molar-refractivity contribution in [3.05, 3.63) is 40.9 Å². The molecule has 3 N–H and O–H groups in total. The molecule has 0 amide bonds. The average Bonchev–Trinajstić information content (AvgIpc) is 2.85. The third kappa shape index (κ3) is 3.45. The highest BCUT2D eigenvalue weighted by molar-refractivity contribution is 7.13. The summed E-state index contributed by atoms with van der Waals surface area (Å²) in [4.78, 5) is 4.45. The van der Waals surface area contributed by atoms with Gasteiger partial charge in [-0.15, -0.1) is 11.3 Å². The van der Waals surface area contributed by atoms with E-state index < -0.39 is 0 Å². The van der Waals surface area contributed by atoms with E-state index >= 15 is 0 Å². The van der Waals surface area contributed by atoms with Crippen molar-refractivity contribution in [3.8, 4) is 5.75 Å². The maximum Gasteiger partial charge on any atom is 0.183 e. The number of hydrogen-bond acceptors (Lipinski definition) is 5. The van der Waals surface area contributed by atoms with Crippen molar-refractivity contribution in [2.24, 2.45) is 5.73 Å². The first-order chi connectivity index (χ1) is 8.81. The first kappa shape index (κ1) is 12.9. The van der Waals surface area contributed by atoms with Gasteiger partial charge in [0, 0.05) is 18.3 Å². The van der Waals surface area contributed by atoms with Crippen LogP contribution in [0.15, 0.2) is 29.6 Å². The number of benzene rings is 1. The highest BCUT2D eigenvalue weighted by Gasteiger charge is 2.01. The molecule has 0 fully saturated rings. The van der Waals surface area contributed by atoms with E-state index in [0.29, 0.717) is 6.54 Å². The summed E-state index contributed by atoms with van der Waals surface area (Å²) in [5.41, 5.74) is 7.75. The molecule has 0 unspecified atom stereocenters. The van der Waals surface area contributed by atoms with E-state index in [1.807, 2.05) is 29.6 Å².